The van der Waals surface area contributed by atoms with Crippen molar-refractivity contribution < 1.29 is 14.3 Å². The van der Waals surface area contributed by atoms with Crippen LogP contribution in [-0.2, 0) is 9.53 Å². The second-order valence-corrected chi connectivity index (χ2v) is 5.78. The molecule has 3 aromatic rings. The predicted octanol–water partition coefficient (Wildman–Crippen LogP) is 2.13. The maximum absolute atomic E-state index is 12.0. The van der Waals surface area contributed by atoms with E-state index in [0.717, 1.165) is 3.57 Å². The van der Waals surface area contributed by atoms with Gasteiger partial charge in [0.2, 0.25) is 0 Å². The molecule has 0 bridgehead atoms. The zero-order chi connectivity index (χ0) is 16.2. The fraction of sp³-hybridized carbons (Fsp3) is 0.0667. The van der Waals surface area contributed by atoms with Crippen LogP contribution in [0.3, 0.4) is 0 Å². The van der Waals surface area contributed by atoms with Gasteiger partial charge in [-0.2, -0.15) is 0 Å². The second-order valence-electron chi connectivity index (χ2n) is 4.62. The van der Waals surface area contributed by atoms with Crippen LogP contribution in [-0.4, -0.2) is 33.1 Å². The molecule has 2 heterocycles. The van der Waals surface area contributed by atoms with Crippen molar-refractivity contribution in [2.45, 2.75) is 0 Å². The van der Waals surface area contributed by atoms with Crippen LogP contribution in [0.1, 0.15) is 10.4 Å². The highest BCUT2D eigenvalue weighted by Crippen LogP contribution is 2.16. The smallest absolute Gasteiger partial charge is 0.340 e. The number of hydrogen-bond donors (Lipinski definition) is 1. The van der Waals surface area contributed by atoms with Gasteiger partial charge >= 0.3 is 5.97 Å². The van der Waals surface area contributed by atoms with E-state index in [1.54, 1.807) is 28.8 Å². The van der Waals surface area contributed by atoms with Gasteiger partial charge in [-0.1, -0.05) is 12.1 Å². The molecule has 0 spiro atoms. The van der Waals surface area contributed by atoms with Crippen molar-refractivity contribution >= 4 is 45.8 Å². The number of hydrogen-bond acceptors (Lipinski definition) is 5. The zero-order valence-electron chi connectivity index (χ0n) is 11.8. The molecule has 23 heavy (non-hydrogen) atoms. The summed E-state index contributed by atoms with van der Waals surface area (Å²) in [6, 6.07) is 10.6. The van der Waals surface area contributed by atoms with Crippen LogP contribution in [0.5, 0.6) is 0 Å². The first-order chi connectivity index (χ1) is 11.1. The summed E-state index contributed by atoms with van der Waals surface area (Å²) in [7, 11) is 0. The molecule has 0 fully saturated rings. The lowest BCUT2D eigenvalue weighted by atomic mass is 10.3. The fourth-order valence-electron chi connectivity index (χ4n) is 1.91. The highest BCUT2D eigenvalue weighted by atomic mass is 127. The van der Waals surface area contributed by atoms with Crippen molar-refractivity contribution in [3.63, 3.8) is 0 Å². The molecule has 1 N–H and O–H groups in total. The molecule has 0 saturated carbocycles. The lowest BCUT2D eigenvalue weighted by molar-refractivity contribution is -0.119. The number of amides is 1. The average Bonchev–Trinajstić information content (AvgIpc) is 3.02. The van der Waals surface area contributed by atoms with Gasteiger partial charge in [-0.15, -0.1) is 10.2 Å². The highest BCUT2D eigenvalue weighted by Gasteiger charge is 2.12. The quantitative estimate of drug-likeness (QED) is 0.515. The monoisotopic (exact) mass is 422 g/mol. The number of aromatic nitrogens is 3. The van der Waals surface area contributed by atoms with Gasteiger partial charge in [-0.3, -0.25) is 9.20 Å². The summed E-state index contributed by atoms with van der Waals surface area (Å²) in [5.41, 5.74) is 1.62. The van der Waals surface area contributed by atoms with E-state index >= 15 is 0 Å². The van der Waals surface area contributed by atoms with E-state index in [-0.39, 0.29) is 6.61 Å². The molecule has 0 aliphatic heterocycles. The third-order valence-corrected chi connectivity index (χ3v) is 3.95. The number of carbonyl (C=O) groups excluding carboxylic acids is 2. The molecular weight excluding hydrogens is 411 g/mol. The Morgan fingerprint density at radius 1 is 1.22 bits per heavy atom. The molecular formula is C15H11IN4O3. The van der Waals surface area contributed by atoms with Crippen LogP contribution >= 0.6 is 22.6 Å². The van der Waals surface area contributed by atoms with E-state index in [1.807, 2.05) is 18.2 Å². The van der Waals surface area contributed by atoms with Crippen LogP contribution in [0, 0.1) is 3.57 Å². The van der Waals surface area contributed by atoms with E-state index in [9.17, 15) is 9.59 Å². The van der Waals surface area contributed by atoms with Crippen molar-refractivity contribution in [1.29, 1.82) is 0 Å². The summed E-state index contributed by atoms with van der Waals surface area (Å²) in [4.78, 5) is 23.8. The Morgan fingerprint density at radius 2 is 2.04 bits per heavy atom. The van der Waals surface area contributed by atoms with Gasteiger partial charge in [0.1, 0.15) is 6.33 Å². The molecule has 7 nitrogen and oxygen atoms in total. The molecule has 0 saturated heterocycles. The molecule has 0 radical (unpaired) electrons. The molecule has 0 atom stereocenters. The maximum Gasteiger partial charge on any atom is 0.340 e. The lowest BCUT2D eigenvalue weighted by Gasteiger charge is -2.08. The third-order valence-electron chi connectivity index (χ3n) is 3.01. The average molecular weight is 422 g/mol. The van der Waals surface area contributed by atoms with E-state index in [0.29, 0.717) is 16.9 Å². The van der Waals surface area contributed by atoms with Crippen molar-refractivity contribution in [1.82, 2.24) is 14.6 Å². The van der Waals surface area contributed by atoms with Crippen molar-refractivity contribution in [2.75, 3.05) is 11.9 Å². The normalized spacial score (nSPS) is 10.5. The fourth-order valence-corrected chi connectivity index (χ4v) is 2.43. The minimum absolute atomic E-state index is 0.319. The topological polar surface area (TPSA) is 85.6 Å². The first-order valence-electron chi connectivity index (χ1n) is 6.64. The van der Waals surface area contributed by atoms with Crippen LogP contribution < -0.4 is 5.32 Å². The molecule has 1 aromatic carbocycles. The summed E-state index contributed by atoms with van der Waals surface area (Å²) < 4.78 is 7.53. The molecule has 1 amide bonds. The van der Waals surface area contributed by atoms with E-state index in [4.69, 9.17) is 4.74 Å². The number of esters is 1. The van der Waals surface area contributed by atoms with Gasteiger partial charge in [0, 0.05) is 9.77 Å². The Morgan fingerprint density at radius 3 is 2.87 bits per heavy atom. The van der Waals surface area contributed by atoms with Gasteiger partial charge in [0.05, 0.1) is 11.3 Å². The van der Waals surface area contributed by atoms with E-state index < -0.39 is 11.9 Å². The number of nitrogens with zero attached hydrogens (tertiary/aromatic N) is 3. The number of fused-ring (bicyclic) bond motifs is 1. The molecule has 2 aromatic heterocycles. The van der Waals surface area contributed by atoms with E-state index in [1.165, 1.54) is 6.33 Å². The Hall–Kier alpha value is -2.49. The van der Waals surface area contributed by atoms with Gasteiger partial charge in [-0.25, -0.2) is 4.79 Å². The van der Waals surface area contributed by atoms with Crippen LogP contribution in [0.25, 0.3) is 5.65 Å². The third kappa shape index (κ3) is 3.65. The van der Waals surface area contributed by atoms with Crippen molar-refractivity contribution in [2.24, 2.45) is 0 Å². The van der Waals surface area contributed by atoms with Gasteiger partial charge < -0.3 is 10.1 Å². The van der Waals surface area contributed by atoms with Gasteiger partial charge in [0.15, 0.2) is 12.3 Å². The van der Waals surface area contributed by atoms with Crippen LogP contribution in [0.15, 0.2) is 48.9 Å². The Kier molecular flexibility index (Phi) is 4.51. The first-order valence-corrected chi connectivity index (χ1v) is 7.72. The van der Waals surface area contributed by atoms with Crippen molar-refractivity contribution in [3.8, 4) is 0 Å². The number of halogens is 1. The van der Waals surface area contributed by atoms with E-state index in [2.05, 4.69) is 38.1 Å². The summed E-state index contributed by atoms with van der Waals surface area (Å²) in [6.07, 6.45) is 3.03. The first kappa shape index (κ1) is 15.4. The summed E-state index contributed by atoms with van der Waals surface area (Å²) >= 11 is 2.12. The van der Waals surface area contributed by atoms with Crippen LogP contribution in [0.2, 0.25) is 0 Å². The molecule has 0 aliphatic carbocycles. The summed E-state index contributed by atoms with van der Waals surface area (Å²) in [5, 5.41) is 10.3. The maximum atomic E-state index is 12.0. The standard InChI is InChI=1S/C15H11IN4O3/c16-11-3-1-2-4-12(11)18-14(21)8-23-15(22)10-5-6-13-19-17-9-20(13)7-10/h1-7,9H,8H2,(H,18,21). The number of carbonyl (C=O) groups is 2. The minimum atomic E-state index is -0.585. The van der Waals surface area contributed by atoms with Gasteiger partial charge in [0.25, 0.3) is 5.91 Å². The number of nitrogens with one attached hydrogen (secondary N) is 1. The number of rotatable bonds is 4. The van der Waals surface area contributed by atoms with Gasteiger partial charge in [-0.05, 0) is 46.9 Å². The SMILES string of the molecule is O=C(COC(=O)c1ccc2nncn2c1)Nc1ccccc1I. The highest BCUT2D eigenvalue weighted by molar-refractivity contribution is 14.1. The Bertz CT molecular complexity index is 878. The molecule has 0 unspecified atom stereocenters. The minimum Gasteiger partial charge on any atom is -0.452 e. The molecule has 3 rings (SSSR count). The summed E-state index contributed by atoms with van der Waals surface area (Å²) in [6.45, 7) is -0.357. The van der Waals surface area contributed by atoms with Crippen LogP contribution in [0.4, 0.5) is 5.69 Å². The number of pyridine rings is 1. The zero-order valence-corrected chi connectivity index (χ0v) is 13.9. The van der Waals surface area contributed by atoms with Crippen molar-refractivity contribution in [3.05, 3.63) is 58.1 Å². The second kappa shape index (κ2) is 6.73. The summed E-state index contributed by atoms with van der Waals surface area (Å²) in [5.74, 6) is -0.980. The number of anilines is 1. The number of benzene rings is 1. The number of ether oxygens (including phenoxy) is 1. The Labute approximate surface area is 144 Å². The number of para-hydroxylation sites is 1. The molecule has 0 aliphatic rings. The molecule has 116 valence electrons. The Balaban J connectivity index is 1.60. The predicted molar refractivity (Wildman–Crippen MR) is 91.1 cm³/mol. The largest absolute Gasteiger partial charge is 0.452 e. The molecule has 8 heteroatoms. The lowest BCUT2D eigenvalue weighted by Crippen LogP contribution is -2.21.